The molecule has 9 heteroatoms. The minimum atomic E-state index is -1.26. The van der Waals surface area contributed by atoms with Crippen molar-refractivity contribution in [3.8, 4) is 0 Å². The summed E-state index contributed by atoms with van der Waals surface area (Å²) in [6, 6.07) is 8.15. The topological polar surface area (TPSA) is 66.7 Å². The van der Waals surface area contributed by atoms with Gasteiger partial charge in [-0.2, -0.15) is 0 Å². The Labute approximate surface area is 230 Å². The van der Waals surface area contributed by atoms with Crippen molar-refractivity contribution in [2.45, 2.75) is 104 Å². The van der Waals surface area contributed by atoms with Gasteiger partial charge in [0.1, 0.15) is 12.8 Å². The molecule has 0 aliphatic carbocycles. The van der Waals surface area contributed by atoms with Crippen molar-refractivity contribution < 1.29 is 18.6 Å². The minimum Gasteiger partial charge on any atom is -0.314 e. The van der Waals surface area contributed by atoms with Crippen molar-refractivity contribution in [3.63, 3.8) is 0 Å². The number of unbranched alkanes of at least 4 members (excludes halogenated alkanes) is 3. The lowest BCUT2D eigenvalue weighted by molar-refractivity contribution is 0.0200. The maximum absolute atomic E-state index is 12.6. The molecule has 3 atom stereocenters. The third-order valence-electron chi connectivity index (χ3n) is 7.35. The van der Waals surface area contributed by atoms with E-state index in [0.717, 1.165) is 51.5 Å². The van der Waals surface area contributed by atoms with Gasteiger partial charge in [0.2, 0.25) is 6.54 Å². The number of nitrogens with zero attached hydrogens (tertiary/aromatic N) is 4. The van der Waals surface area contributed by atoms with Crippen LogP contribution in [0.25, 0.3) is 4.85 Å². The van der Waals surface area contributed by atoms with Gasteiger partial charge in [0, 0.05) is 31.2 Å². The molecule has 1 aromatic rings. The standard InChI is InChI=1S/C29H45N4O4P/c1-7-24-16-17-27(37-38(36-21-18-30-6)33(22(2)3)23(4)5)31(24)19-12-8-9-13-20-32-28(34)25-14-10-11-15-26(25)29(32)35/h10-11,14-15,22-24,27H,7-9,12-13,16-21H2,1-5H3/t24-,27-,38?/m1/s1. The Hall–Kier alpha value is -1.88. The quantitative estimate of drug-likeness (QED) is 0.105. The molecule has 1 aromatic carbocycles. The van der Waals surface area contributed by atoms with Gasteiger partial charge in [-0.05, 0) is 71.9 Å². The van der Waals surface area contributed by atoms with E-state index < -0.39 is 8.53 Å². The summed E-state index contributed by atoms with van der Waals surface area (Å²) in [5, 5.41) is 0. The molecule has 2 aliphatic heterocycles. The summed E-state index contributed by atoms with van der Waals surface area (Å²) in [5.41, 5.74) is 1.05. The number of carbonyl (C=O) groups is 2. The molecule has 0 saturated carbocycles. The summed E-state index contributed by atoms with van der Waals surface area (Å²) in [6.07, 6.45) is 7.12. The molecule has 2 amide bonds. The maximum atomic E-state index is 12.6. The first-order valence-corrected chi connectivity index (χ1v) is 15.3. The lowest BCUT2D eigenvalue weighted by Crippen LogP contribution is -2.40. The second-order valence-corrected chi connectivity index (χ2v) is 12.1. The van der Waals surface area contributed by atoms with Crippen LogP contribution in [-0.4, -0.2) is 76.9 Å². The van der Waals surface area contributed by atoms with E-state index in [4.69, 9.17) is 15.6 Å². The van der Waals surface area contributed by atoms with Crippen LogP contribution in [0.3, 0.4) is 0 Å². The zero-order valence-electron chi connectivity index (χ0n) is 23.8. The van der Waals surface area contributed by atoms with E-state index in [2.05, 4.69) is 49.0 Å². The number of hydrogen-bond acceptors (Lipinski definition) is 6. The summed E-state index contributed by atoms with van der Waals surface area (Å²) in [7, 11) is -1.26. The molecular formula is C29H45N4O4P. The Bertz CT molecular complexity index is 923. The highest BCUT2D eigenvalue weighted by molar-refractivity contribution is 7.44. The summed E-state index contributed by atoms with van der Waals surface area (Å²) >= 11 is 0. The van der Waals surface area contributed by atoms with Crippen LogP contribution in [0.2, 0.25) is 0 Å². The lowest BCUT2D eigenvalue weighted by atomic mass is 10.1. The fourth-order valence-corrected chi connectivity index (χ4v) is 7.26. The van der Waals surface area contributed by atoms with Gasteiger partial charge in [-0.25, -0.2) is 11.2 Å². The van der Waals surface area contributed by atoms with E-state index >= 15 is 0 Å². The number of fused-ring (bicyclic) bond motifs is 1. The van der Waals surface area contributed by atoms with E-state index in [1.807, 2.05) is 0 Å². The molecule has 0 aromatic heterocycles. The number of imide groups is 1. The van der Waals surface area contributed by atoms with Gasteiger partial charge in [0.25, 0.3) is 20.3 Å². The maximum Gasteiger partial charge on any atom is 0.261 e. The monoisotopic (exact) mass is 544 g/mol. The molecule has 0 N–H and O–H groups in total. The fraction of sp³-hybridized carbons (Fsp3) is 0.690. The fourth-order valence-electron chi connectivity index (χ4n) is 5.53. The third kappa shape index (κ3) is 7.61. The average Bonchev–Trinajstić information content (AvgIpc) is 3.38. The molecule has 1 unspecified atom stereocenters. The molecule has 3 rings (SSSR count). The van der Waals surface area contributed by atoms with Crippen molar-refractivity contribution in [1.82, 2.24) is 14.5 Å². The van der Waals surface area contributed by atoms with Gasteiger partial charge in [-0.3, -0.25) is 19.4 Å². The Balaban J connectivity index is 1.49. The summed E-state index contributed by atoms with van der Waals surface area (Å²) in [4.78, 5) is 32.5. The molecule has 1 saturated heterocycles. The zero-order chi connectivity index (χ0) is 27.7. The van der Waals surface area contributed by atoms with E-state index in [-0.39, 0.29) is 30.1 Å². The first kappa shape index (κ1) is 30.7. The second kappa shape index (κ2) is 15.1. The molecule has 0 bridgehead atoms. The molecule has 1 fully saturated rings. The number of benzene rings is 1. The van der Waals surface area contributed by atoms with Crippen molar-refractivity contribution in [1.29, 1.82) is 0 Å². The van der Waals surface area contributed by atoms with E-state index in [1.165, 1.54) is 4.90 Å². The first-order chi connectivity index (χ1) is 18.3. The highest BCUT2D eigenvalue weighted by Gasteiger charge is 2.38. The number of rotatable bonds is 16. The highest BCUT2D eigenvalue weighted by atomic mass is 31.2. The summed E-state index contributed by atoms with van der Waals surface area (Å²) < 4.78 is 15.2. The van der Waals surface area contributed by atoms with Crippen LogP contribution in [0.4, 0.5) is 0 Å². The average molecular weight is 545 g/mol. The van der Waals surface area contributed by atoms with Gasteiger partial charge in [0.15, 0.2) is 0 Å². The molecule has 8 nitrogen and oxygen atoms in total. The number of carbonyl (C=O) groups excluding carboxylic acids is 2. The largest absolute Gasteiger partial charge is 0.314 e. The molecule has 38 heavy (non-hydrogen) atoms. The van der Waals surface area contributed by atoms with Crippen LogP contribution >= 0.6 is 8.53 Å². The van der Waals surface area contributed by atoms with Crippen molar-refractivity contribution in [2.24, 2.45) is 0 Å². The van der Waals surface area contributed by atoms with Crippen molar-refractivity contribution >= 4 is 20.3 Å². The smallest absolute Gasteiger partial charge is 0.261 e. The predicted molar refractivity (Wildman–Crippen MR) is 152 cm³/mol. The zero-order valence-corrected chi connectivity index (χ0v) is 24.7. The van der Waals surface area contributed by atoms with Crippen molar-refractivity contribution in [2.75, 3.05) is 26.2 Å². The van der Waals surface area contributed by atoms with Gasteiger partial charge >= 0.3 is 0 Å². The first-order valence-electron chi connectivity index (χ1n) is 14.2. The van der Waals surface area contributed by atoms with E-state index in [0.29, 0.717) is 36.9 Å². The summed E-state index contributed by atoms with van der Waals surface area (Å²) in [6.45, 7) is 20.2. The van der Waals surface area contributed by atoms with Gasteiger partial charge < -0.3 is 13.9 Å². The van der Waals surface area contributed by atoms with Crippen LogP contribution in [0.1, 0.15) is 100 Å². The van der Waals surface area contributed by atoms with Gasteiger partial charge in [-0.15, -0.1) is 0 Å². The van der Waals surface area contributed by atoms with Gasteiger partial charge in [-0.1, -0.05) is 31.9 Å². The van der Waals surface area contributed by atoms with Crippen molar-refractivity contribution in [3.05, 3.63) is 46.8 Å². The SMILES string of the molecule is [C-]#[N+]CCOP(O[C@@H]1CC[C@@H](CC)N1CCCCCCN1C(=O)c2ccccc2C1=O)N(C(C)C)C(C)C. The van der Waals surface area contributed by atoms with Crippen LogP contribution in [0.15, 0.2) is 24.3 Å². The highest BCUT2D eigenvalue weighted by Crippen LogP contribution is 2.49. The second-order valence-electron chi connectivity index (χ2n) is 10.7. The molecule has 0 spiro atoms. The van der Waals surface area contributed by atoms with Crippen LogP contribution < -0.4 is 0 Å². The summed E-state index contributed by atoms with van der Waals surface area (Å²) in [5.74, 6) is -0.333. The Morgan fingerprint density at radius 2 is 1.61 bits per heavy atom. The Kier molecular flexibility index (Phi) is 12.1. The van der Waals surface area contributed by atoms with Crippen LogP contribution in [0.5, 0.6) is 0 Å². The number of hydrogen-bond donors (Lipinski definition) is 0. The molecular weight excluding hydrogens is 499 g/mol. The Morgan fingerprint density at radius 3 is 2.16 bits per heavy atom. The molecule has 210 valence electrons. The van der Waals surface area contributed by atoms with E-state index in [9.17, 15) is 9.59 Å². The minimum absolute atomic E-state index is 0.0253. The van der Waals surface area contributed by atoms with Crippen LogP contribution in [-0.2, 0) is 9.05 Å². The van der Waals surface area contributed by atoms with E-state index in [1.54, 1.807) is 24.3 Å². The Morgan fingerprint density at radius 1 is 1.00 bits per heavy atom. The normalized spacial score (nSPS) is 20.7. The predicted octanol–water partition coefficient (Wildman–Crippen LogP) is 6.34. The number of amides is 2. The third-order valence-corrected chi connectivity index (χ3v) is 9.47. The van der Waals surface area contributed by atoms with Gasteiger partial charge in [0.05, 0.1) is 11.1 Å². The molecule has 0 radical (unpaired) electrons. The molecule has 2 heterocycles. The molecule has 2 aliphatic rings. The lowest BCUT2D eigenvalue weighted by Gasteiger charge is -2.38. The van der Waals surface area contributed by atoms with Crippen LogP contribution in [0, 0.1) is 6.57 Å². The number of likely N-dealkylation sites (tertiary alicyclic amines) is 1.